The minimum Gasteiger partial charge on any atom is -0.328 e. The molecule has 1 aliphatic rings. The summed E-state index contributed by atoms with van der Waals surface area (Å²) in [6.07, 6.45) is 5.68. The van der Waals surface area contributed by atoms with Gasteiger partial charge in [0.05, 0.1) is 0 Å². The zero-order valence-corrected chi connectivity index (χ0v) is 8.02. The molecule has 0 radical (unpaired) electrons. The van der Waals surface area contributed by atoms with Gasteiger partial charge in [-0.25, -0.2) is 0 Å². The lowest BCUT2D eigenvalue weighted by molar-refractivity contribution is -0.122. The molecule has 1 aromatic heterocycles. The molecule has 0 spiro atoms. The van der Waals surface area contributed by atoms with E-state index in [0.717, 1.165) is 18.4 Å². The van der Waals surface area contributed by atoms with E-state index in [1.807, 2.05) is 12.1 Å². The number of rotatable bonds is 1. The third-order valence-corrected chi connectivity index (χ3v) is 2.80. The van der Waals surface area contributed by atoms with Gasteiger partial charge < -0.3 is 5.73 Å². The van der Waals surface area contributed by atoms with Crippen molar-refractivity contribution in [2.24, 2.45) is 5.73 Å². The lowest BCUT2D eigenvalue weighted by Crippen LogP contribution is -2.32. The molecule has 2 atom stereocenters. The van der Waals surface area contributed by atoms with E-state index in [9.17, 15) is 4.79 Å². The van der Waals surface area contributed by atoms with Crippen molar-refractivity contribution in [2.75, 3.05) is 0 Å². The minimum absolute atomic E-state index is 0.00162. The smallest absolute Gasteiger partial charge is 0.140 e. The number of aromatic nitrogens is 1. The summed E-state index contributed by atoms with van der Waals surface area (Å²) in [6.45, 7) is 0. The summed E-state index contributed by atoms with van der Waals surface area (Å²) in [7, 11) is 0. The normalized spacial score (nSPS) is 27.6. The molecule has 0 aromatic carbocycles. The van der Waals surface area contributed by atoms with Gasteiger partial charge in [0.15, 0.2) is 0 Å². The van der Waals surface area contributed by atoms with E-state index in [-0.39, 0.29) is 12.0 Å². The van der Waals surface area contributed by atoms with Crippen molar-refractivity contribution in [3.8, 4) is 0 Å². The zero-order chi connectivity index (χ0) is 9.97. The first-order valence-electron chi connectivity index (χ1n) is 4.95. The molecule has 0 saturated heterocycles. The maximum atomic E-state index is 11.7. The number of carbonyl (C=O) groups is 1. The van der Waals surface area contributed by atoms with E-state index in [1.165, 1.54) is 0 Å². The van der Waals surface area contributed by atoms with Gasteiger partial charge in [0.2, 0.25) is 0 Å². The largest absolute Gasteiger partial charge is 0.328 e. The van der Waals surface area contributed by atoms with Gasteiger partial charge in [-0.15, -0.1) is 0 Å². The molecule has 0 amide bonds. The fourth-order valence-electron chi connectivity index (χ4n) is 1.97. The van der Waals surface area contributed by atoms with Crippen LogP contribution in [0.25, 0.3) is 0 Å². The molecule has 1 heterocycles. The minimum atomic E-state index is 0.00162. The van der Waals surface area contributed by atoms with Crippen LogP contribution in [0.3, 0.4) is 0 Å². The molecule has 0 aliphatic heterocycles. The van der Waals surface area contributed by atoms with Crippen LogP contribution in [-0.4, -0.2) is 16.8 Å². The van der Waals surface area contributed by atoms with Gasteiger partial charge in [-0.05, 0) is 30.5 Å². The lowest BCUT2D eigenvalue weighted by Gasteiger charge is -2.25. The van der Waals surface area contributed by atoms with Crippen molar-refractivity contribution in [3.05, 3.63) is 30.1 Å². The molecule has 1 saturated carbocycles. The topological polar surface area (TPSA) is 56.0 Å². The fourth-order valence-corrected chi connectivity index (χ4v) is 1.97. The Morgan fingerprint density at radius 3 is 2.79 bits per heavy atom. The van der Waals surface area contributed by atoms with Crippen LogP contribution in [0.4, 0.5) is 0 Å². The van der Waals surface area contributed by atoms with E-state index < -0.39 is 0 Å². The van der Waals surface area contributed by atoms with Crippen LogP contribution in [-0.2, 0) is 4.79 Å². The number of nitrogens with zero attached hydrogens (tertiary/aromatic N) is 1. The van der Waals surface area contributed by atoms with Crippen molar-refractivity contribution in [1.82, 2.24) is 4.98 Å². The summed E-state index contributed by atoms with van der Waals surface area (Å²) in [5.41, 5.74) is 6.91. The average molecular weight is 190 g/mol. The van der Waals surface area contributed by atoms with Crippen LogP contribution in [0.5, 0.6) is 0 Å². The van der Waals surface area contributed by atoms with E-state index in [0.29, 0.717) is 12.2 Å². The van der Waals surface area contributed by atoms with Gasteiger partial charge >= 0.3 is 0 Å². The summed E-state index contributed by atoms with van der Waals surface area (Å²) in [5.74, 6) is 0.319. The van der Waals surface area contributed by atoms with Crippen LogP contribution in [0.2, 0.25) is 0 Å². The predicted octanol–water partition coefficient (Wildman–Crippen LogP) is 1.25. The van der Waals surface area contributed by atoms with E-state index in [2.05, 4.69) is 4.98 Å². The standard InChI is InChI=1S/C11H14N2O/c12-9-1-2-11(14)10(7-9)8-3-5-13-6-4-8/h3-6,9-10H,1-2,7,12H2. The molecular weight excluding hydrogens is 176 g/mol. The van der Waals surface area contributed by atoms with Gasteiger partial charge in [0.25, 0.3) is 0 Å². The van der Waals surface area contributed by atoms with Gasteiger partial charge in [-0.1, -0.05) is 0 Å². The molecular formula is C11H14N2O. The average Bonchev–Trinajstić information content (AvgIpc) is 2.23. The second-order valence-corrected chi connectivity index (χ2v) is 3.83. The maximum absolute atomic E-state index is 11.7. The number of hydrogen-bond acceptors (Lipinski definition) is 3. The van der Waals surface area contributed by atoms with Crippen molar-refractivity contribution >= 4 is 5.78 Å². The molecule has 1 fully saturated rings. The zero-order valence-electron chi connectivity index (χ0n) is 8.02. The van der Waals surface area contributed by atoms with Crippen molar-refractivity contribution in [2.45, 2.75) is 31.2 Å². The fraction of sp³-hybridized carbons (Fsp3) is 0.455. The quantitative estimate of drug-likeness (QED) is 0.725. The monoisotopic (exact) mass is 190 g/mol. The van der Waals surface area contributed by atoms with Gasteiger partial charge in [0, 0.05) is 30.8 Å². The maximum Gasteiger partial charge on any atom is 0.140 e. The van der Waals surface area contributed by atoms with Gasteiger partial charge in [0.1, 0.15) is 5.78 Å². The molecule has 2 N–H and O–H groups in total. The summed E-state index contributed by atoms with van der Waals surface area (Å²) >= 11 is 0. The number of hydrogen-bond donors (Lipinski definition) is 1. The highest BCUT2D eigenvalue weighted by Crippen LogP contribution is 2.28. The molecule has 3 nitrogen and oxygen atoms in total. The van der Waals surface area contributed by atoms with Crippen molar-refractivity contribution in [1.29, 1.82) is 0 Å². The molecule has 1 aromatic rings. The van der Waals surface area contributed by atoms with Crippen LogP contribution in [0.1, 0.15) is 30.7 Å². The molecule has 74 valence electrons. The highest BCUT2D eigenvalue weighted by Gasteiger charge is 2.27. The van der Waals surface area contributed by atoms with E-state index >= 15 is 0 Å². The number of Topliss-reactive ketones (excluding diaryl/α,β-unsaturated/α-hetero) is 1. The molecule has 14 heavy (non-hydrogen) atoms. The molecule has 2 rings (SSSR count). The van der Waals surface area contributed by atoms with Crippen LogP contribution in [0, 0.1) is 0 Å². The second kappa shape index (κ2) is 3.88. The number of pyridine rings is 1. The van der Waals surface area contributed by atoms with E-state index in [1.54, 1.807) is 12.4 Å². The Hall–Kier alpha value is -1.22. The molecule has 1 aliphatic carbocycles. The van der Waals surface area contributed by atoms with Gasteiger partial charge in [-0.3, -0.25) is 9.78 Å². The third kappa shape index (κ3) is 1.82. The van der Waals surface area contributed by atoms with Crippen LogP contribution in [0.15, 0.2) is 24.5 Å². The summed E-state index contributed by atoms with van der Waals surface area (Å²) in [6, 6.07) is 3.98. The summed E-state index contributed by atoms with van der Waals surface area (Å²) in [4.78, 5) is 15.6. The van der Waals surface area contributed by atoms with E-state index in [4.69, 9.17) is 5.73 Å². The Morgan fingerprint density at radius 1 is 1.36 bits per heavy atom. The SMILES string of the molecule is NC1CCC(=O)C(c2ccncc2)C1. The third-order valence-electron chi connectivity index (χ3n) is 2.80. The first-order chi connectivity index (χ1) is 6.77. The highest BCUT2D eigenvalue weighted by molar-refractivity contribution is 5.86. The Labute approximate surface area is 83.3 Å². The first-order valence-corrected chi connectivity index (χ1v) is 4.95. The molecule has 3 heteroatoms. The van der Waals surface area contributed by atoms with Crippen molar-refractivity contribution in [3.63, 3.8) is 0 Å². The number of ketones is 1. The number of carbonyl (C=O) groups excluding carboxylic acids is 1. The first kappa shape index (κ1) is 9.34. The highest BCUT2D eigenvalue weighted by atomic mass is 16.1. The van der Waals surface area contributed by atoms with Gasteiger partial charge in [-0.2, -0.15) is 0 Å². The Kier molecular flexibility index (Phi) is 2.59. The molecule has 2 unspecified atom stereocenters. The summed E-state index contributed by atoms with van der Waals surface area (Å²) in [5, 5.41) is 0. The summed E-state index contributed by atoms with van der Waals surface area (Å²) < 4.78 is 0. The lowest BCUT2D eigenvalue weighted by atomic mass is 9.81. The van der Waals surface area contributed by atoms with Crippen LogP contribution < -0.4 is 5.73 Å². The Bertz CT molecular complexity index is 323. The Morgan fingerprint density at radius 2 is 2.07 bits per heavy atom. The second-order valence-electron chi connectivity index (χ2n) is 3.83. The Balaban J connectivity index is 2.20. The molecule has 0 bridgehead atoms. The van der Waals surface area contributed by atoms with Crippen LogP contribution >= 0.6 is 0 Å². The van der Waals surface area contributed by atoms with Crippen molar-refractivity contribution < 1.29 is 4.79 Å². The predicted molar refractivity (Wildman–Crippen MR) is 53.8 cm³/mol. The number of nitrogens with two attached hydrogens (primary N) is 1.